The highest BCUT2D eigenvalue weighted by molar-refractivity contribution is 5.96. The number of urea groups is 1. The van der Waals surface area contributed by atoms with E-state index in [1.165, 1.54) is 19.4 Å². The molecule has 1 aliphatic heterocycles. The van der Waals surface area contributed by atoms with Gasteiger partial charge < -0.3 is 30.3 Å². The first-order chi connectivity index (χ1) is 17.7. The lowest BCUT2D eigenvalue weighted by Gasteiger charge is -2.28. The van der Waals surface area contributed by atoms with Crippen LogP contribution in [0.2, 0.25) is 0 Å². The average molecular weight is 542 g/mol. The number of hydrogen-bond donors (Lipinski definition) is 3. The van der Waals surface area contributed by atoms with Gasteiger partial charge in [-0.05, 0) is 75.5 Å². The van der Waals surface area contributed by atoms with E-state index in [2.05, 4.69) is 15.6 Å². The average Bonchev–Trinajstić information content (AvgIpc) is 3.20. The zero-order chi connectivity index (χ0) is 27.8. The minimum Gasteiger partial charge on any atom is -0.444 e. The number of nitrogens with one attached hydrogen (secondary N) is 3. The fraction of sp³-hybridized carbons (Fsp3) is 0.680. The van der Waals surface area contributed by atoms with E-state index < -0.39 is 54.5 Å². The van der Waals surface area contributed by atoms with Crippen LogP contribution >= 0.6 is 0 Å². The van der Waals surface area contributed by atoms with Crippen molar-refractivity contribution >= 4 is 23.8 Å². The van der Waals surface area contributed by atoms with Gasteiger partial charge in [-0.2, -0.15) is 13.2 Å². The molecular weight excluding hydrogens is 507 g/mol. The molecule has 2 saturated carbocycles. The molecule has 3 fully saturated rings. The Hall–Kier alpha value is -3.09. The molecule has 1 unspecified atom stereocenters. The van der Waals surface area contributed by atoms with Crippen molar-refractivity contribution in [3.05, 3.63) is 23.9 Å². The van der Waals surface area contributed by atoms with E-state index in [0.29, 0.717) is 17.4 Å². The van der Waals surface area contributed by atoms with Crippen molar-refractivity contribution in [2.75, 3.05) is 25.6 Å². The monoisotopic (exact) mass is 541 g/mol. The summed E-state index contributed by atoms with van der Waals surface area (Å²) in [5, 5.41) is 7.40. The maximum absolute atomic E-state index is 13.3. The van der Waals surface area contributed by atoms with Crippen LogP contribution in [0.3, 0.4) is 0 Å². The summed E-state index contributed by atoms with van der Waals surface area (Å²) in [6, 6.07) is -1.50. The lowest BCUT2D eigenvalue weighted by atomic mass is 9.93. The van der Waals surface area contributed by atoms with Crippen LogP contribution in [0, 0.1) is 17.8 Å². The molecule has 210 valence electrons. The highest BCUT2D eigenvalue weighted by Crippen LogP contribution is 2.55. The number of carbonyl (C=O) groups excluding carboxylic acids is 3. The van der Waals surface area contributed by atoms with Gasteiger partial charge in [-0.1, -0.05) is 0 Å². The van der Waals surface area contributed by atoms with Crippen molar-refractivity contribution in [3.8, 4) is 0 Å². The molecule has 1 aromatic rings. The Kier molecular flexibility index (Phi) is 7.78. The third-order valence-electron chi connectivity index (χ3n) is 7.16. The van der Waals surface area contributed by atoms with Crippen molar-refractivity contribution in [1.29, 1.82) is 0 Å². The van der Waals surface area contributed by atoms with Gasteiger partial charge in [0.1, 0.15) is 23.5 Å². The fourth-order valence-electron chi connectivity index (χ4n) is 5.33. The third kappa shape index (κ3) is 6.66. The normalized spacial score (nSPS) is 26.3. The van der Waals surface area contributed by atoms with Crippen LogP contribution in [0.4, 0.5) is 28.6 Å². The molecule has 4 amide bonds. The molecule has 4 rings (SSSR count). The lowest BCUT2D eigenvalue weighted by Crippen LogP contribution is -2.49. The summed E-state index contributed by atoms with van der Waals surface area (Å²) in [6.45, 7) is 4.55. The topological polar surface area (TPSA) is 122 Å². The smallest absolute Gasteiger partial charge is 0.410 e. The van der Waals surface area contributed by atoms with Gasteiger partial charge >= 0.3 is 18.3 Å². The molecule has 0 bridgehead atoms. The molecule has 0 radical (unpaired) electrons. The summed E-state index contributed by atoms with van der Waals surface area (Å²) in [6.07, 6.45) is -1.10. The van der Waals surface area contributed by atoms with Crippen LogP contribution in [0.15, 0.2) is 18.3 Å². The Balaban J connectivity index is 1.49. The van der Waals surface area contributed by atoms with Crippen LogP contribution in [-0.4, -0.2) is 72.0 Å². The third-order valence-corrected chi connectivity index (χ3v) is 7.16. The second-order valence-electron chi connectivity index (χ2n) is 11.2. The number of pyridine rings is 1. The molecule has 0 aromatic carbocycles. The molecule has 1 saturated heterocycles. The van der Waals surface area contributed by atoms with Gasteiger partial charge in [0.2, 0.25) is 5.91 Å². The van der Waals surface area contributed by atoms with Gasteiger partial charge in [-0.3, -0.25) is 4.79 Å². The van der Waals surface area contributed by atoms with Gasteiger partial charge in [-0.25, -0.2) is 14.6 Å². The summed E-state index contributed by atoms with van der Waals surface area (Å²) in [5.74, 6) is 0.757. The van der Waals surface area contributed by atoms with Crippen LogP contribution in [0.5, 0.6) is 0 Å². The highest BCUT2D eigenvalue weighted by Gasteiger charge is 2.50. The Labute approximate surface area is 219 Å². The first-order valence-electron chi connectivity index (χ1n) is 12.6. The Bertz CT molecular complexity index is 1050. The highest BCUT2D eigenvalue weighted by atomic mass is 19.4. The van der Waals surface area contributed by atoms with E-state index in [0.717, 1.165) is 24.2 Å². The predicted molar refractivity (Wildman–Crippen MR) is 130 cm³/mol. The summed E-state index contributed by atoms with van der Waals surface area (Å²) < 4.78 is 50.2. The molecule has 38 heavy (non-hydrogen) atoms. The van der Waals surface area contributed by atoms with E-state index >= 15 is 0 Å². The van der Waals surface area contributed by atoms with E-state index in [-0.39, 0.29) is 18.3 Å². The number of rotatable bonds is 8. The Morgan fingerprint density at radius 1 is 1.21 bits per heavy atom. The van der Waals surface area contributed by atoms with Gasteiger partial charge in [0.25, 0.3) is 0 Å². The summed E-state index contributed by atoms with van der Waals surface area (Å²) >= 11 is 0. The van der Waals surface area contributed by atoms with Crippen molar-refractivity contribution in [2.45, 2.75) is 69.9 Å². The molecule has 3 N–H and O–H groups in total. The second kappa shape index (κ2) is 10.6. The van der Waals surface area contributed by atoms with Crippen molar-refractivity contribution in [2.24, 2.45) is 17.8 Å². The number of aromatic nitrogens is 1. The molecule has 6 atom stereocenters. The number of alkyl halides is 3. The number of hydrogen-bond acceptors (Lipinski definition) is 6. The van der Waals surface area contributed by atoms with Gasteiger partial charge in [0.05, 0.1) is 19.2 Å². The number of ether oxygens (including phenoxy) is 2. The standard InChI is InChI=1S/C25H34F3N5O5/c1-24(2,3)38-23(36)32-20(16-8-14-7-15(14)9-16)21(34)31-19-10-13(5-6-29-19)17(12-37-4)33-11-18(25(26,27)28)30-22(33)35/h5-6,10,14-18,20H,7-9,11-12H2,1-4H3,(H,30,35)(H,32,36)(H,29,31,34)/t14-,15+,16?,17-,18+,20+/m1/s1. The first-order valence-corrected chi connectivity index (χ1v) is 12.6. The van der Waals surface area contributed by atoms with Gasteiger partial charge in [0.15, 0.2) is 0 Å². The van der Waals surface area contributed by atoms with E-state index in [1.54, 1.807) is 26.8 Å². The first kappa shape index (κ1) is 27.9. The minimum absolute atomic E-state index is 0.0525. The molecule has 2 aliphatic carbocycles. The van der Waals surface area contributed by atoms with Crippen LogP contribution < -0.4 is 16.0 Å². The van der Waals surface area contributed by atoms with Gasteiger partial charge in [0, 0.05) is 13.3 Å². The zero-order valence-electron chi connectivity index (χ0n) is 21.8. The molecule has 3 aliphatic rings. The van der Waals surface area contributed by atoms with Crippen molar-refractivity contribution in [3.63, 3.8) is 0 Å². The number of amides is 4. The number of anilines is 1. The Morgan fingerprint density at radius 3 is 2.47 bits per heavy atom. The van der Waals surface area contributed by atoms with Crippen LogP contribution in [0.25, 0.3) is 0 Å². The quantitative estimate of drug-likeness (QED) is 0.462. The SMILES string of the molecule is COC[C@H](c1ccnc(NC(=O)[C@@H](NC(=O)OC(C)(C)C)C2C[C@@H]3C[C@@H]3C2)c1)N1C[C@@H](C(F)(F)F)NC1=O. The largest absolute Gasteiger partial charge is 0.444 e. The maximum Gasteiger partial charge on any atom is 0.410 e. The zero-order valence-corrected chi connectivity index (χ0v) is 21.8. The van der Waals surface area contributed by atoms with Gasteiger partial charge in [-0.15, -0.1) is 0 Å². The van der Waals surface area contributed by atoms with E-state index in [9.17, 15) is 27.6 Å². The lowest BCUT2D eigenvalue weighted by molar-refractivity contribution is -0.150. The molecule has 1 aromatic heterocycles. The Morgan fingerprint density at radius 2 is 1.89 bits per heavy atom. The van der Waals surface area contributed by atoms with Crippen molar-refractivity contribution < 1.29 is 37.0 Å². The minimum atomic E-state index is -4.59. The van der Waals surface area contributed by atoms with Crippen LogP contribution in [-0.2, 0) is 14.3 Å². The molecule has 0 spiro atoms. The predicted octanol–water partition coefficient (Wildman–Crippen LogP) is 3.60. The second-order valence-corrected chi connectivity index (χ2v) is 11.2. The van der Waals surface area contributed by atoms with E-state index in [1.807, 2.05) is 5.32 Å². The summed E-state index contributed by atoms with van der Waals surface area (Å²) in [4.78, 5) is 43.5. The number of fused-ring (bicyclic) bond motifs is 1. The summed E-state index contributed by atoms with van der Waals surface area (Å²) in [7, 11) is 1.38. The van der Waals surface area contributed by atoms with E-state index in [4.69, 9.17) is 9.47 Å². The maximum atomic E-state index is 13.3. The van der Waals surface area contributed by atoms with Crippen LogP contribution in [0.1, 0.15) is 51.6 Å². The summed E-state index contributed by atoms with van der Waals surface area (Å²) in [5.41, 5.74) is -0.295. The molecule has 2 heterocycles. The molecule has 10 nitrogen and oxygen atoms in total. The fourth-order valence-corrected chi connectivity index (χ4v) is 5.33. The number of nitrogens with zero attached hydrogens (tertiary/aromatic N) is 2. The number of halogens is 3. The molecule has 13 heteroatoms. The van der Waals surface area contributed by atoms with Crippen molar-refractivity contribution in [1.82, 2.24) is 20.5 Å². The molecular formula is C25H34F3N5O5. The number of carbonyl (C=O) groups is 3. The number of methoxy groups -OCH3 is 1. The number of alkyl carbamates (subject to hydrolysis) is 1.